The standard InChI is InChI=1S/C36H38N6O5/c1-8-38-34(43)27-14-24-26(18-41(6)35(44)32(24)39-27)23-15-28-25(16-29(23)47-33-20(2)10-9-11-21(33)3)31(40-42(28)19-36(4,5)45)22-12-13-37-17-30(22)46-7/h9-18,39,45H,8,19H2,1-7H3,(H,38,43). The van der Waals surface area contributed by atoms with Gasteiger partial charge in [-0.15, -0.1) is 0 Å². The van der Waals surface area contributed by atoms with Crippen molar-refractivity contribution in [3.63, 3.8) is 0 Å². The summed E-state index contributed by atoms with van der Waals surface area (Å²) >= 11 is 0. The lowest BCUT2D eigenvalue weighted by atomic mass is 9.99. The number of fused-ring (bicyclic) bond motifs is 2. The minimum Gasteiger partial charge on any atom is -0.494 e. The van der Waals surface area contributed by atoms with Crippen molar-refractivity contribution in [3.8, 4) is 39.6 Å². The molecule has 0 spiro atoms. The fourth-order valence-electron chi connectivity index (χ4n) is 5.92. The number of aromatic amines is 1. The number of para-hydroxylation sites is 1. The third kappa shape index (κ3) is 5.85. The zero-order valence-electron chi connectivity index (χ0n) is 27.6. The Balaban J connectivity index is 1.72. The molecule has 1 amide bonds. The lowest BCUT2D eigenvalue weighted by molar-refractivity contribution is 0.0592. The third-order valence-electron chi connectivity index (χ3n) is 8.11. The molecular weight excluding hydrogens is 596 g/mol. The van der Waals surface area contributed by atoms with Gasteiger partial charge in [-0.1, -0.05) is 18.2 Å². The van der Waals surface area contributed by atoms with Gasteiger partial charge < -0.3 is 29.4 Å². The van der Waals surface area contributed by atoms with E-state index in [0.29, 0.717) is 51.5 Å². The Kier molecular flexibility index (Phi) is 8.10. The summed E-state index contributed by atoms with van der Waals surface area (Å²) in [6, 6.07) is 13.4. The molecule has 0 aliphatic heterocycles. The number of benzene rings is 2. The van der Waals surface area contributed by atoms with Gasteiger partial charge in [-0.3, -0.25) is 19.3 Å². The van der Waals surface area contributed by atoms with Crippen LogP contribution in [0.2, 0.25) is 0 Å². The number of hydrogen-bond acceptors (Lipinski definition) is 7. The summed E-state index contributed by atoms with van der Waals surface area (Å²) in [6.45, 7) is 9.91. The Morgan fingerprint density at radius 3 is 2.47 bits per heavy atom. The molecule has 0 saturated carbocycles. The van der Waals surface area contributed by atoms with Gasteiger partial charge >= 0.3 is 0 Å². The molecule has 242 valence electrons. The fraction of sp³-hybridized carbons (Fsp3) is 0.278. The highest BCUT2D eigenvalue weighted by molar-refractivity contribution is 6.05. The highest BCUT2D eigenvalue weighted by atomic mass is 16.5. The number of rotatable bonds is 9. The summed E-state index contributed by atoms with van der Waals surface area (Å²) < 4.78 is 15.7. The third-order valence-corrected chi connectivity index (χ3v) is 8.11. The number of methoxy groups -OCH3 is 1. The van der Waals surface area contributed by atoms with Crippen molar-refractivity contribution >= 4 is 27.7 Å². The van der Waals surface area contributed by atoms with E-state index in [1.807, 2.05) is 57.2 Å². The molecule has 6 aromatic rings. The normalized spacial score (nSPS) is 11.7. The van der Waals surface area contributed by atoms with Gasteiger partial charge in [-0.05, 0) is 70.0 Å². The van der Waals surface area contributed by atoms with Gasteiger partial charge in [0.1, 0.15) is 34.2 Å². The second-order valence-electron chi connectivity index (χ2n) is 12.4. The second-order valence-corrected chi connectivity index (χ2v) is 12.4. The van der Waals surface area contributed by atoms with Gasteiger partial charge in [0, 0.05) is 53.4 Å². The van der Waals surface area contributed by atoms with E-state index in [9.17, 15) is 14.7 Å². The number of aliphatic hydroxyl groups is 1. The Hall–Kier alpha value is -5.42. The van der Waals surface area contributed by atoms with Crippen LogP contribution in [0.5, 0.6) is 17.2 Å². The predicted molar refractivity (Wildman–Crippen MR) is 182 cm³/mol. The van der Waals surface area contributed by atoms with Gasteiger partial charge in [-0.2, -0.15) is 5.10 Å². The molecule has 0 saturated heterocycles. The fourth-order valence-corrected chi connectivity index (χ4v) is 5.92. The Morgan fingerprint density at radius 1 is 1.04 bits per heavy atom. The maximum Gasteiger partial charge on any atom is 0.274 e. The molecule has 2 aromatic carbocycles. The van der Waals surface area contributed by atoms with Crippen LogP contribution in [0.25, 0.3) is 44.2 Å². The number of nitrogens with one attached hydrogen (secondary N) is 2. The number of aryl methyl sites for hydroxylation is 3. The first-order valence-electron chi connectivity index (χ1n) is 15.4. The summed E-state index contributed by atoms with van der Waals surface area (Å²) in [6.07, 6.45) is 5.07. The zero-order valence-corrected chi connectivity index (χ0v) is 27.6. The van der Waals surface area contributed by atoms with Gasteiger partial charge in [0.15, 0.2) is 0 Å². The Bertz CT molecular complexity index is 2200. The number of carbonyl (C=O) groups is 1. The maximum absolute atomic E-state index is 13.3. The van der Waals surface area contributed by atoms with Crippen molar-refractivity contribution in [3.05, 3.63) is 88.2 Å². The molecule has 0 atom stereocenters. The lowest BCUT2D eigenvalue weighted by Crippen LogP contribution is -2.26. The van der Waals surface area contributed by atoms with E-state index in [4.69, 9.17) is 14.6 Å². The van der Waals surface area contributed by atoms with Gasteiger partial charge in [0.2, 0.25) is 0 Å². The van der Waals surface area contributed by atoms with Crippen LogP contribution in [0.3, 0.4) is 0 Å². The molecular formula is C36H38N6O5. The maximum atomic E-state index is 13.3. The number of pyridine rings is 2. The lowest BCUT2D eigenvalue weighted by Gasteiger charge is -2.19. The second kappa shape index (κ2) is 12.1. The number of ether oxygens (including phenoxy) is 2. The van der Waals surface area contributed by atoms with Gasteiger partial charge in [0.25, 0.3) is 11.5 Å². The van der Waals surface area contributed by atoms with Crippen LogP contribution in [-0.4, -0.2) is 54.6 Å². The van der Waals surface area contributed by atoms with Crippen molar-refractivity contribution in [1.29, 1.82) is 0 Å². The summed E-state index contributed by atoms with van der Waals surface area (Å²) in [5.41, 5.74) is 4.58. The molecule has 0 unspecified atom stereocenters. The monoisotopic (exact) mass is 634 g/mol. The van der Waals surface area contributed by atoms with Crippen molar-refractivity contribution in [1.82, 2.24) is 29.6 Å². The number of hydrogen-bond donors (Lipinski definition) is 3. The summed E-state index contributed by atoms with van der Waals surface area (Å²) in [7, 11) is 3.26. The van der Waals surface area contributed by atoms with Crippen LogP contribution < -0.4 is 20.3 Å². The zero-order chi connectivity index (χ0) is 33.6. The number of nitrogens with zero attached hydrogens (tertiary/aromatic N) is 4. The smallest absolute Gasteiger partial charge is 0.274 e. The molecule has 4 heterocycles. The van der Waals surface area contributed by atoms with E-state index < -0.39 is 5.60 Å². The first-order chi connectivity index (χ1) is 22.4. The molecule has 0 fully saturated rings. The van der Waals surface area contributed by atoms with Crippen LogP contribution in [0.1, 0.15) is 42.4 Å². The summed E-state index contributed by atoms with van der Waals surface area (Å²) in [5.74, 6) is 1.47. The molecule has 4 aromatic heterocycles. The van der Waals surface area contributed by atoms with E-state index >= 15 is 0 Å². The molecule has 0 radical (unpaired) electrons. The van der Waals surface area contributed by atoms with Crippen molar-refractivity contribution in [2.24, 2.45) is 7.05 Å². The van der Waals surface area contributed by atoms with E-state index in [2.05, 4.69) is 15.3 Å². The predicted octanol–water partition coefficient (Wildman–Crippen LogP) is 5.88. The summed E-state index contributed by atoms with van der Waals surface area (Å²) in [4.78, 5) is 33.5. The molecule has 0 aliphatic carbocycles. The minimum absolute atomic E-state index is 0.196. The van der Waals surface area contributed by atoms with Crippen molar-refractivity contribution in [2.75, 3.05) is 13.7 Å². The Labute approximate surface area is 271 Å². The summed E-state index contributed by atoms with van der Waals surface area (Å²) in [5, 5.41) is 20.0. The average Bonchev–Trinajstić information content (AvgIpc) is 3.62. The molecule has 0 bridgehead atoms. The van der Waals surface area contributed by atoms with E-state index in [0.717, 1.165) is 27.6 Å². The molecule has 47 heavy (non-hydrogen) atoms. The van der Waals surface area contributed by atoms with Crippen LogP contribution in [0.15, 0.2) is 65.8 Å². The van der Waals surface area contributed by atoms with E-state index in [1.54, 1.807) is 57.3 Å². The molecule has 11 heteroatoms. The van der Waals surface area contributed by atoms with E-state index in [1.165, 1.54) is 4.57 Å². The van der Waals surface area contributed by atoms with Gasteiger partial charge in [-0.25, -0.2) is 0 Å². The number of carbonyl (C=O) groups excluding carboxylic acids is 1. The topological polar surface area (TPSA) is 136 Å². The van der Waals surface area contributed by atoms with Gasteiger partial charge in [0.05, 0.1) is 31.0 Å². The van der Waals surface area contributed by atoms with Crippen LogP contribution >= 0.6 is 0 Å². The minimum atomic E-state index is -1.09. The van der Waals surface area contributed by atoms with E-state index in [-0.39, 0.29) is 23.7 Å². The molecule has 0 aliphatic rings. The number of amides is 1. The SMILES string of the molecule is CCNC(=O)c1cc2c(-c3cc4c(cc3Oc3c(C)cccc3C)c(-c3ccncc3OC)nn4CC(C)(C)O)cn(C)c(=O)c2[nH]1. The average molecular weight is 635 g/mol. The molecule has 6 rings (SSSR count). The molecule has 3 N–H and O–H groups in total. The first kappa shape index (κ1) is 31.6. The van der Waals surface area contributed by atoms with Crippen LogP contribution in [-0.2, 0) is 13.6 Å². The largest absolute Gasteiger partial charge is 0.494 e. The quantitative estimate of drug-likeness (QED) is 0.181. The number of H-pyrrole nitrogens is 1. The van der Waals surface area contributed by atoms with Crippen molar-refractivity contribution < 1.29 is 19.4 Å². The van der Waals surface area contributed by atoms with Crippen LogP contribution in [0, 0.1) is 13.8 Å². The highest BCUT2D eigenvalue weighted by Gasteiger charge is 2.25. The van der Waals surface area contributed by atoms with Crippen molar-refractivity contribution in [2.45, 2.75) is 46.8 Å². The first-order valence-corrected chi connectivity index (χ1v) is 15.4. The van der Waals surface area contributed by atoms with Crippen LogP contribution in [0.4, 0.5) is 0 Å². The Morgan fingerprint density at radius 2 is 1.79 bits per heavy atom. The number of aromatic nitrogens is 5. The molecule has 11 nitrogen and oxygen atoms in total. The highest BCUT2D eigenvalue weighted by Crippen LogP contribution is 2.44.